The van der Waals surface area contributed by atoms with E-state index in [0.29, 0.717) is 35.9 Å². The van der Waals surface area contributed by atoms with Gasteiger partial charge in [-0.15, -0.1) is 0 Å². The molecule has 0 saturated carbocycles. The Kier molecular flexibility index (Phi) is 5.66. The van der Waals surface area contributed by atoms with Crippen molar-refractivity contribution in [1.82, 2.24) is 14.9 Å². The van der Waals surface area contributed by atoms with E-state index in [1.165, 1.54) is 12.1 Å². The van der Waals surface area contributed by atoms with Crippen molar-refractivity contribution in [3.63, 3.8) is 0 Å². The number of amides is 1. The fourth-order valence-electron chi connectivity index (χ4n) is 3.60. The topological polar surface area (TPSA) is 81.9 Å². The summed E-state index contributed by atoms with van der Waals surface area (Å²) in [5.41, 5.74) is 2.68. The minimum atomic E-state index is -0.301. The fourth-order valence-corrected chi connectivity index (χ4v) is 3.60. The van der Waals surface area contributed by atoms with Crippen LogP contribution in [0.4, 0.5) is 16.0 Å². The molecule has 1 fully saturated rings. The van der Waals surface area contributed by atoms with Gasteiger partial charge in [0, 0.05) is 36.5 Å². The Bertz CT molecular complexity index is 1080. The average Bonchev–Trinajstić information content (AvgIpc) is 2.80. The molecule has 0 spiro atoms. The first-order valence-corrected chi connectivity index (χ1v) is 9.77. The smallest absolute Gasteiger partial charge is 0.253 e. The first-order valence-electron chi connectivity index (χ1n) is 9.77. The number of carbonyl (C=O) groups is 1. The number of benzene rings is 2. The fraction of sp³-hybridized carbons (Fsp3) is 0.217. The van der Waals surface area contributed by atoms with Crippen molar-refractivity contribution in [2.24, 2.45) is 0 Å². The molecule has 7 heteroatoms. The van der Waals surface area contributed by atoms with Gasteiger partial charge in [-0.1, -0.05) is 0 Å². The molecule has 2 aromatic carbocycles. The molecular formula is C23H20FN5O. The predicted molar refractivity (Wildman–Crippen MR) is 111 cm³/mol. The van der Waals surface area contributed by atoms with Gasteiger partial charge >= 0.3 is 0 Å². The Labute approximate surface area is 174 Å². The van der Waals surface area contributed by atoms with Crippen molar-refractivity contribution in [2.75, 3.05) is 18.4 Å². The van der Waals surface area contributed by atoms with Crippen molar-refractivity contribution >= 4 is 17.5 Å². The molecule has 3 aromatic rings. The normalized spacial score (nSPS) is 16.0. The van der Waals surface area contributed by atoms with E-state index in [2.05, 4.69) is 21.4 Å². The number of halogens is 1. The first kappa shape index (κ1) is 19.5. The zero-order valence-corrected chi connectivity index (χ0v) is 16.3. The molecule has 1 N–H and O–H groups in total. The van der Waals surface area contributed by atoms with Gasteiger partial charge in [-0.25, -0.2) is 14.4 Å². The standard InChI is InChI=1S/C23H20FN5O/c24-19-7-9-20(10-8-19)27-23-26-12-11-21(28-23)18-2-1-13-29(15-18)22(30)17-5-3-16(14-25)4-6-17/h3-12,18H,1-2,13,15H2,(H,26,27,28). The van der Waals surface area contributed by atoms with Crippen molar-refractivity contribution < 1.29 is 9.18 Å². The number of hydrogen-bond acceptors (Lipinski definition) is 5. The lowest BCUT2D eigenvalue weighted by Gasteiger charge is -2.32. The molecule has 1 saturated heterocycles. The van der Waals surface area contributed by atoms with Crippen LogP contribution in [-0.4, -0.2) is 33.9 Å². The molecule has 30 heavy (non-hydrogen) atoms. The third-order valence-electron chi connectivity index (χ3n) is 5.17. The highest BCUT2D eigenvalue weighted by Crippen LogP contribution is 2.27. The Balaban J connectivity index is 1.46. The summed E-state index contributed by atoms with van der Waals surface area (Å²) in [7, 11) is 0. The van der Waals surface area contributed by atoms with Gasteiger partial charge in [0.1, 0.15) is 5.82 Å². The molecular weight excluding hydrogens is 381 g/mol. The molecule has 1 amide bonds. The summed E-state index contributed by atoms with van der Waals surface area (Å²) in [6, 6.07) is 16.6. The lowest BCUT2D eigenvalue weighted by molar-refractivity contribution is 0.0706. The summed E-state index contributed by atoms with van der Waals surface area (Å²) < 4.78 is 13.1. The van der Waals surface area contributed by atoms with Gasteiger partial charge in [0.15, 0.2) is 0 Å². The zero-order chi connectivity index (χ0) is 20.9. The summed E-state index contributed by atoms with van der Waals surface area (Å²) >= 11 is 0. The maximum atomic E-state index is 13.1. The van der Waals surface area contributed by atoms with Crippen LogP contribution >= 0.6 is 0 Å². The zero-order valence-electron chi connectivity index (χ0n) is 16.3. The third kappa shape index (κ3) is 4.44. The molecule has 0 radical (unpaired) electrons. The maximum absolute atomic E-state index is 13.1. The Morgan fingerprint density at radius 1 is 1.13 bits per heavy atom. The van der Waals surface area contributed by atoms with E-state index in [-0.39, 0.29) is 17.6 Å². The van der Waals surface area contributed by atoms with Gasteiger partial charge in [-0.05, 0) is 67.4 Å². The minimum Gasteiger partial charge on any atom is -0.338 e. The molecule has 0 aliphatic carbocycles. The van der Waals surface area contributed by atoms with Crippen molar-refractivity contribution in [1.29, 1.82) is 5.26 Å². The second-order valence-corrected chi connectivity index (χ2v) is 7.22. The number of rotatable bonds is 4. The number of piperidine rings is 1. The van der Waals surface area contributed by atoms with E-state index >= 15 is 0 Å². The van der Waals surface area contributed by atoms with Crippen LogP contribution in [0.5, 0.6) is 0 Å². The molecule has 4 rings (SSSR count). The minimum absolute atomic E-state index is 0.0390. The van der Waals surface area contributed by atoms with Crippen molar-refractivity contribution in [3.8, 4) is 6.07 Å². The van der Waals surface area contributed by atoms with E-state index in [9.17, 15) is 9.18 Å². The predicted octanol–water partition coefficient (Wildman–Crippen LogP) is 4.25. The number of likely N-dealkylation sites (tertiary alicyclic amines) is 1. The molecule has 6 nitrogen and oxygen atoms in total. The number of carbonyl (C=O) groups excluding carboxylic acids is 1. The van der Waals surface area contributed by atoms with E-state index in [4.69, 9.17) is 5.26 Å². The van der Waals surface area contributed by atoms with Gasteiger partial charge in [0.05, 0.1) is 17.3 Å². The number of nitriles is 1. The van der Waals surface area contributed by atoms with Crippen LogP contribution < -0.4 is 5.32 Å². The highest BCUT2D eigenvalue weighted by atomic mass is 19.1. The number of hydrogen-bond donors (Lipinski definition) is 1. The summed E-state index contributed by atoms with van der Waals surface area (Å²) in [4.78, 5) is 23.6. The molecule has 1 unspecified atom stereocenters. The number of aromatic nitrogens is 2. The SMILES string of the molecule is N#Cc1ccc(C(=O)N2CCCC(c3ccnc(Nc4ccc(F)cc4)n3)C2)cc1. The van der Waals surface area contributed by atoms with Crippen molar-refractivity contribution in [2.45, 2.75) is 18.8 Å². The molecule has 1 atom stereocenters. The Morgan fingerprint density at radius 3 is 2.63 bits per heavy atom. The maximum Gasteiger partial charge on any atom is 0.253 e. The van der Waals surface area contributed by atoms with Crippen LogP contribution in [0, 0.1) is 17.1 Å². The number of nitrogens with zero attached hydrogens (tertiary/aromatic N) is 4. The quantitative estimate of drug-likeness (QED) is 0.707. The van der Waals surface area contributed by atoms with Crippen LogP contribution in [0.15, 0.2) is 60.8 Å². The molecule has 0 bridgehead atoms. The van der Waals surface area contributed by atoms with Crippen LogP contribution in [0.25, 0.3) is 0 Å². The molecule has 1 aliphatic rings. The lowest BCUT2D eigenvalue weighted by Crippen LogP contribution is -2.39. The second kappa shape index (κ2) is 8.70. The van der Waals surface area contributed by atoms with Gasteiger partial charge in [0.2, 0.25) is 5.95 Å². The third-order valence-corrected chi connectivity index (χ3v) is 5.17. The summed E-state index contributed by atoms with van der Waals surface area (Å²) in [6.07, 6.45) is 3.51. The molecule has 1 aliphatic heterocycles. The largest absolute Gasteiger partial charge is 0.338 e. The Morgan fingerprint density at radius 2 is 1.90 bits per heavy atom. The van der Waals surface area contributed by atoms with Gasteiger partial charge in [0.25, 0.3) is 5.91 Å². The molecule has 1 aromatic heterocycles. The molecule has 150 valence electrons. The van der Waals surface area contributed by atoms with Gasteiger partial charge in [-0.3, -0.25) is 4.79 Å². The van der Waals surface area contributed by atoms with Gasteiger partial charge < -0.3 is 10.2 Å². The highest BCUT2D eigenvalue weighted by molar-refractivity contribution is 5.94. The van der Waals surface area contributed by atoms with E-state index in [1.807, 2.05) is 11.0 Å². The van der Waals surface area contributed by atoms with Gasteiger partial charge in [-0.2, -0.15) is 5.26 Å². The number of nitrogens with one attached hydrogen (secondary N) is 1. The Hall–Kier alpha value is -3.79. The number of anilines is 2. The van der Waals surface area contributed by atoms with E-state index < -0.39 is 0 Å². The van der Waals surface area contributed by atoms with Crippen LogP contribution in [0.1, 0.15) is 40.4 Å². The summed E-state index contributed by atoms with van der Waals surface area (Å²) in [6.45, 7) is 1.27. The first-order chi connectivity index (χ1) is 14.6. The van der Waals surface area contributed by atoms with Crippen LogP contribution in [-0.2, 0) is 0 Å². The van der Waals surface area contributed by atoms with Crippen LogP contribution in [0.3, 0.4) is 0 Å². The van der Waals surface area contributed by atoms with E-state index in [0.717, 1.165) is 18.5 Å². The summed E-state index contributed by atoms with van der Waals surface area (Å²) in [5, 5.41) is 12.0. The van der Waals surface area contributed by atoms with Crippen LogP contribution in [0.2, 0.25) is 0 Å². The van der Waals surface area contributed by atoms with E-state index in [1.54, 1.807) is 42.6 Å². The average molecular weight is 401 g/mol. The molecule has 2 heterocycles. The van der Waals surface area contributed by atoms with Crippen molar-refractivity contribution in [3.05, 3.63) is 83.4 Å². The lowest BCUT2D eigenvalue weighted by atomic mass is 9.94. The summed E-state index contributed by atoms with van der Waals surface area (Å²) in [5.74, 6) is 0.208. The second-order valence-electron chi connectivity index (χ2n) is 7.22. The highest BCUT2D eigenvalue weighted by Gasteiger charge is 2.26. The monoisotopic (exact) mass is 401 g/mol.